The summed E-state index contributed by atoms with van der Waals surface area (Å²) in [6, 6.07) is 35.2. The number of benzene rings is 5. The Balaban J connectivity index is 1.81. The molecule has 0 aliphatic rings. The molecule has 0 radical (unpaired) electrons. The summed E-state index contributed by atoms with van der Waals surface area (Å²) in [7, 11) is -1.41. The predicted octanol–water partition coefficient (Wildman–Crippen LogP) is 8.47. The van der Waals surface area contributed by atoms with Gasteiger partial charge in [0.05, 0.1) is 0 Å². The van der Waals surface area contributed by atoms with Crippen LogP contribution in [0.25, 0.3) is 43.5 Å². The number of nitrogens with one attached hydrogen (secondary N) is 1. The summed E-state index contributed by atoms with van der Waals surface area (Å²) in [5.74, 6) is 0. The molecule has 0 saturated heterocycles. The van der Waals surface area contributed by atoms with Gasteiger partial charge in [-0.25, -0.2) is 0 Å². The van der Waals surface area contributed by atoms with E-state index < -0.39 is 8.16 Å². The minimum atomic E-state index is -1.41. The molecule has 144 valence electrons. The van der Waals surface area contributed by atoms with Crippen molar-refractivity contribution in [1.82, 2.24) is 0 Å². The van der Waals surface area contributed by atoms with E-state index in [9.17, 15) is 0 Å². The summed E-state index contributed by atoms with van der Waals surface area (Å²) in [6.07, 6.45) is 0. The van der Waals surface area contributed by atoms with Crippen molar-refractivity contribution in [3.8, 4) is 0 Å². The summed E-state index contributed by atoms with van der Waals surface area (Å²) in [5.41, 5.74) is 2.63. The summed E-state index contributed by atoms with van der Waals surface area (Å²) in [4.78, 5) is 0. The Kier molecular flexibility index (Phi) is 4.00. The molecule has 0 atom stereocenters. The molecule has 0 spiro atoms. The van der Waals surface area contributed by atoms with E-state index >= 15 is 0 Å². The first-order valence-corrected chi connectivity index (χ1v) is 11.1. The average Bonchev–Trinajstić information content (AvgIpc) is 2.96. The van der Waals surface area contributed by atoms with Crippen molar-refractivity contribution >= 4 is 57.3 Å². The fraction of sp³-hybridized carbons (Fsp3) is 0. The fourth-order valence-electron chi connectivity index (χ4n) is 4.03. The molecule has 6 aromatic rings. The largest absolute Gasteiger partial charge is 0.404 e. The van der Waals surface area contributed by atoms with Gasteiger partial charge in [-0.3, -0.25) is 5.09 Å². The Morgan fingerprint density at radius 1 is 0.500 bits per heavy atom. The zero-order chi connectivity index (χ0) is 19.9. The van der Waals surface area contributed by atoms with Crippen LogP contribution in [0.4, 0.5) is 5.69 Å². The SMILES string of the molecule is c1ccc(Np2oc3ccc4ccccc4c3c3c(ccc4ccccc43)o2)cc1. The Morgan fingerprint density at radius 2 is 1.00 bits per heavy atom. The molecule has 4 heteroatoms. The van der Waals surface area contributed by atoms with Crippen molar-refractivity contribution in [2.75, 3.05) is 5.09 Å². The third-order valence-electron chi connectivity index (χ3n) is 5.39. The minimum Gasteiger partial charge on any atom is -0.404 e. The van der Waals surface area contributed by atoms with Crippen LogP contribution in [0, 0.1) is 0 Å². The van der Waals surface area contributed by atoms with Crippen LogP contribution in [-0.4, -0.2) is 0 Å². The lowest BCUT2D eigenvalue weighted by Gasteiger charge is -2.05. The van der Waals surface area contributed by atoms with Crippen LogP contribution < -0.4 is 5.09 Å². The Hall–Kier alpha value is -3.68. The molecule has 1 heterocycles. The molecule has 1 aromatic heterocycles. The summed E-state index contributed by atoms with van der Waals surface area (Å²) in [6.45, 7) is 0. The molecule has 0 unspecified atom stereocenters. The summed E-state index contributed by atoms with van der Waals surface area (Å²) >= 11 is 0. The van der Waals surface area contributed by atoms with E-state index in [0.29, 0.717) is 0 Å². The second-order valence-corrected chi connectivity index (χ2v) is 8.34. The normalized spacial score (nSPS) is 11.3. The fourth-order valence-corrected chi connectivity index (χ4v) is 5.18. The van der Waals surface area contributed by atoms with Gasteiger partial charge in [-0.05, 0) is 45.8 Å². The highest BCUT2D eigenvalue weighted by atomic mass is 31.1. The van der Waals surface area contributed by atoms with Gasteiger partial charge in [0.15, 0.2) is 0 Å². The molecular weight excluding hydrogens is 389 g/mol. The van der Waals surface area contributed by atoms with E-state index in [1.165, 1.54) is 10.8 Å². The second kappa shape index (κ2) is 6.98. The van der Waals surface area contributed by atoms with Crippen LogP contribution in [0.2, 0.25) is 0 Å². The van der Waals surface area contributed by atoms with Crippen LogP contribution in [0.5, 0.6) is 0 Å². The first kappa shape index (κ1) is 17.2. The minimum absolute atomic E-state index is 0.832. The van der Waals surface area contributed by atoms with Crippen LogP contribution >= 0.6 is 8.16 Å². The van der Waals surface area contributed by atoms with Gasteiger partial charge in [-0.2, -0.15) is 0 Å². The topological polar surface area (TPSA) is 38.3 Å². The number of rotatable bonds is 2. The average molecular weight is 407 g/mol. The maximum Gasteiger partial charge on any atom is 0.338 e. The summed E-state index contributed by atoms with van der Waals surface area (Å²) in [5, 5.41) is 10.3. The molecule has 1 N–H and O–H groups in total. The first-order valence-electron chi connectivity index (χ1n) is 9.88. The van der Waals surface area contributed by atoms with E-state index in [1.54, 1.807) is 0 Å². The quantitative estimate of drug-likeness (QED) is 0.313. The van der Waals surface area contributed by atoms with Gasteiger partial charge in [0, 0.05) is 16.5 Å². The van der Waals surface area contributed by atoms with E-state index in [4.69, 9.17) is 8.39 Å². The molecule has 0 aliphatic heterocycles. The third-order valence-corrected chi connectivity index (χ3v) is 6.55. The molecule has 30 heavy (non-hydrogen) atoms. The zero-order valence-corrected chi connectivity index (χ0v) is 17.0. The predicted molar refractivity (Wildman–Crippen MR) is 127 cm³/mol. The van der Waals surface area contributed by atoms with Gasteiger partial charge < -0.3 is 8.39 Å². The highest BCUT2D eigenvalue weighted by molar-refractivity contribution is 7.39. The van der Waals surface area contributed by atoms with Gasteiger partial charge in [-0.15, -0.1) is 0 Å². The van der Waals surface area contributed by atoms with Gasteiger partial charge in [0.1, 0.15) is 11.2 Å². The van der Waals surface area contributed by atoms with E-state index in [2.05, 4.69) is 77.9 Å². The van der Waals surface area contributed by atoms with Crippen LogP contribution in [0.15, 0.2) is 112 Å². The lowest BCUT2D eigenvalue weighted by atomic mass is 9.99. The lowest BCUT2D eigenvalue weighted by Crippen LogP contribution is -1.82. The number of hydrogen-bond donors (Lipinski definition) is 1. The van der Waals surface area contributed by atoms with Crippen molar-refractivity contribution in [3.63, 3.8) is 0 Å². The van der Waals surface area contributed by atoms with E-state index in [0.717, 1.165) is 38.4 Å². The molecule has 3 nitrogen and oxygen atoms in total. The van der Waals surface area contributed by atoms with Crippen molar-refractivity contribution < 1.29 is 8.39 Å². The lowest BCUT2D eigenvalue weighted by molar-refractivity contribution is 0.646. The number of para-hydroxylation sites is 1. The van der Waals surface area contributed by atoms with Crippen molar-refractivity contribution in [3.05, 3.63) is 103 Å². The molecule has 6 rings (SSSR count). The smallest absolute Gasteiger partial charge is 0.338 e. The van der Waals surface area contributed by atoms with E-state index in [-0.39, 0.29) is 0 Å². The number of fused-ring (bicyclic) bond motifs is 7. The Labute approximate surface area is 174 Å². The third kappa shape index (κ3) is 2.83. The van der Waals surface area contributed by atoms with Crippen LogP contribution in [0.3, 0.4) is 0 Å². The van der Waals surface area contributed by atoms with Crippen LogP contribution in [-0.2, 0) is 0 Å². The zero-order valence-electron chi connectivity index (χ0n) is 16.1. The van der Waals surface area contributed by atoms with Crippen molar-refractivity contribution in [2.24, 2.45) is 0 Å². The molecule has 0 aliphatic carbocycles. The highest BCUT2D eigenvalue weighted by Gasteiger charge is 2.12. The molecule has 5 aromatic carbocycles. The van der Waals surface area contributed by atoms with Gasteiger partial charge >= 0.3 is 8.16 Å². The second-order valence-electron chi connectivity index (χ2n) is 7.24. The monoisotopic (exact) mass is 407 g/mol. The maximum atomic E-state index is 6.43. The van der Waals surface area contributed by atoms with Crippen LogP contribution in [0.1, 0.15) is 0 Å². The standard InChI is InChI=1S/C26H18NO2P/c1-2-10-20(11-3-1)27-30-28-23-16-14-18-8-4-6-12-21(18)25(23)26-22-13-7-5-9-19(22)15-17-24(26)29-30/h1-17,27H. The highest BCUT2D eigenvalue weighted by Crippen LogP contribution is 2.40. The molecule has 0 saturated carbocycles. The molecule has 0 bridgehead atoms. The number of anilines is 1. The van der Waals surface area contributed by atoms with Crippen molar-refractivity contribution in [1.29, 1.82) is 0 Å². The van der Waals surface area contributed by atoms with Gasteiger partial charge in [-0.1, -0.05) is 78.9 Å². The molecular formula is C26H18NO2P. The first-order chi connectivity index (χ1) is 14.9. The maximum absolute atomic E-state index is 6.43. The Morgan fingerprint density at radius 3 is 1.57 bits per heavy atom. The molecule has 0 fully saturated rings. The molecule has 0 amide bonds. The van der Waals surface area contributed by atoms with Gasteiger partial charge in [0.25, 0.3) is 0 Å². The summed E-state index contributed by atoms with van der Waals surface area (Å²) < 4.78 is 12.9. The van der Waals surface area contributed by atoms with Gasteiger partial charge in [0.2, 0.25) is 0 Å². The van der Waals surface area contributed by atoms with Crippen molar-refractivity contribution in [2.45, 2.75) is 0 Å². The Bertz CT molecular complexity index is 1470. The van der Waals surface area contributed by atoms with E-state index in [1.807, 2.05) is 30.3 Å². The number of hydrogen-bond acceptors (Lipinski definition) is 3.